The number of nitrogen functional groups attached to an aromatic ring is 1. The van der Waals surface area contributed by atoms with Crippen molar-refractivity contribution in [3.05, 3.63) is 18.0 Å². The molecule has 0 spiro atoms. The van der Waals surface area contributed by atoms with E-state index in [1.165, 1.54) is 0 Å². The summed E-state index contributed by atoms with van der Waals surface area (Å²) in [6.45, 7) is 11.0. The van der Waals surface area contributed by atoms with Gasteiger partial charge in [-0.15, -0.1) is 0 Å². The molecule has 5 nitrogen and oxygen atoms in total. The zero-order chi connectivity index (χ0) is 15.1. The molecule has 0 atom stereocenters. The number of amides is 1. The first kappa shape index (κ1) is 16.6. The van der Waals surface area contributed by atoms with Crippen LogP contribution in [0.2, 0.25) is 0 Å². The molecule has 2 N–H and O–H groups in total. The lowest BCUT2D eigenvalue weighted by Crippen LogP contribution is -2.35. The Morgan fingerprint density at radius 2 is 1.85 bits per heavy atom. The fourth-order valence-electron chi connectivity index (χ4n) is 2.39. The molecular formula is C15H28N4O. The zero-order valence-corrected chi connectivity index (χ0v) is 13.2. The molecule has 0 saturated heterocycles. The molecule has 0 saturated carbocycles. The summed E-state index contributed by atoms with van der Waals surface area (Å²) in [6, 6.07) is 1.75. The third-order valence-corrected chi connectivity index (χ3v) is 3.71. The molecule has 1 heterocycles. The second-order valence-corrected chi connectivity index (χ2v) is 5.03. The van der Waals surface area contributed by atoms with E-state index >= 15 is 0 Å². The second kappa shape index (κ2) is 7.94. The van der Waals surface area contributed by atoms with Gasteiger partial charge < -0.3 is 20.1 Å². The number of hydrogen-bond donors (Lipinski definition) is 1. The molecule has 0 bridgehead atoms. The number of anilines is 1. The summed E-state index contributed by atoms with van der Waals surface area (Å²) in [6.07, 6.45) is 2.78. The summed E-state index contributed by atoms with van der Waals surface area (Å²) in [5, 5.41) is 0. The Morgan fingerprint density at radius 3 is 2.30 bits per heavy atom. The summed E-state index contributed by atoms with van der Waals surface area (Å²) in [5.41, 5.74) is 7.03. The van der Waals surface area contributed by atoms with Crippen LogP contribution >= 0.6 is 0 Å². The molecule has 5 heteroatoms. The number of carbonyl (C=O) groups excluding carboxylic acids is 1. The Hall–Kier alpha value is -1.49. The van der Waals surface area contributed by atoms with E-state index in [0.29, 0.717) is 11.4 Å². The lowest BCUT2D eigenvalue weighted by atomic mass is 10.3. The number of nitrogens with zero attached hydrogens (tertiary/aromatic N) is 3. The summed E-state index contributed by atoms with van der Waals surface area (Å²) in [5.74, 6) is 0.0613. The first-order valence-corrected chi connectivity index (χ1v) is 7.46. The van der Waals surface area contributed by atoms with E-state index < -0.39 is 0 Å². The predicted molar refractivity (Wildman–Crippen MR) is 83.8 cm³/mol. The first-order chi connectivity index (χ1) is 9.53. The Bertz CT molecular complexity index is 424. The topological polar surface area (TPSA) is 54.5 Å². The predicted octanol–water partition coefficient (Wildman–Crippen LogP) is 1.80. The molecule has 1 amide bonds. The summed E-state index contributed by atoms with van der Waals surface area (Å²) < 4.78 is 1.80. The van der Waals surface area contributed by atoms with Crippen LogP contribution < -0.4 is 5.73 Å². The van der Waals surface area contributed by atoms with Gasteiger partial charge in [0.05, 0.1) is 5.69 Å². The van der Waals surface area contributed by atoms with Crippen molar-refractivity contribution in [1.82, 2.24) is 14.4 Å². The smallest absolute Gasteiger partial charge is 0.270 e. The summed E-state index contributed by atoms with van der Waals surface area (Å²) in [7, 11) is 1.85. The van der Waals surface area contributed by atoms with Crippen LogP contribution in [0.25, 0.3) is 0 Å². The van der Waals surface area contributed by atoms with Gasteiger partial charge in [0, 0.05) is 26.3 Å². The van der Waals surface area contributed by atoms with Crippen LogP contribution in [0.4, 0.5) is 5.69 Å². The summed E-state index contributed by atoms with van der Waals surface area (Å²) in [4.78, 5) is 16.7. The molecule has 0 aromatic carbocycles. The van der Waals surface area contributed by atoms with Crippen LogP contribution in [-0.4, -0.2) is 53.0 Å². The van der Waals surface area contributed by atoms with Gasteiger partial charge in [0.15, 0.2) is 0 Å². The molecule has 1 rings (SSSR count). The Balaban J connectivity index is 2.58. The Labute approximate surface area is 122 Å². The third-order valence-electron chi connectivity index (χ3n) is 3.71. The van der Waals surface area contributed by atoms with Gasteiger partial charge in [-0.05, 0) is 39.0 Å². The number of hydrogen-bond acceptors (Lipinski definition) is 3. The molecule has 0 aliphatic carbocycles. The number of nitrogens with two attached hydrogens (primary N) is 1. The quantitative estimate of drug-likeness (QED) is 0.790. The van der Waals surface area contributed by atoms with Gasteiger partial charge in [-0.1, -0.05) is 13.8 Å². The van der Waals surface area contributed by atoms with Gasteiger partial charge in [-0.25, -0.2) is 0 Å². The molecule has 1 aromatic heterocycles. The van der Waals surface area contributed by atoms with E-state index in [9.17, 15) is 4.79 Å². The highest BCUT2D eigenvalue weighted by Crippen LogP contribution is 2.12. The van der Waals surface area contributed by atoms with Crippen molar-refractivity contribution in [3.8, 4) is 0 Å². The molecular weight excluding hydrogens is 252 g/mol. The maximum Gasteiger partial charge on any atom is 0.270 e. The number of aromatic nitrogens is 1. The zero-order valence-electron chi connectivity index (χ0n) is 13.2. The minimum atomic E-state index is 0.0613. The van der Waals surface area contributed by atoms with Crippen molar-refractivity contribution in [2.45, 2.75) is 27.2 Å². The van der Waals surface area contributed by atoms with Crippen molar-refractivity contribution in [2.75, 3.05) is 38.5 Å². The van der Waals surface area contributed by atoms with E-state index in [0.717, 1.165) is 39.1 Å². The number of aryl methyl sites for hydroxylation is 1. The maximum absolute atomic E-state index is 12.5. The molecule has 20 heavy (non-hydrogen) atoms. The van der Waals surface area contributed by atoms with Crippen molar-refractivity contribution in [3.63, 3.8) is 0 Å². The number of carbonyl (C=O) groups is 1. The average Bonchev–Trinajstić information content (AvgIpc) is 2.77. The lowest BCUT2D eigenvalue weighted by Gasteiger charge is -2.23. The fraction of sp³-hybridized carbons (Fsp3) is 0.667. The van der Waals surface area contributed by atoms with Gasteiger partial charge in [0.25, 0.3) is 5.91 Å². The molecule has 0 aliphatic rings. The molecule has 0 unspecified atom stereocenters. The van der Waals surface area contributed by atoms with Gasteiger partial charge in [-0.3, -0.25) is 4.79 Å². The lowest BCUT2D eigenvalue weighted by molar-refractivity contribution is 0.0748. The second-order valence-electron chi connectivity index (χ2n) is 5.03. The van der Waals surface area contributed by atoms with E-state index in [1.54, 1.807) is 16.8 Å². The fourth-order valence-corrected chi connectivity index (χ4v) is 2.39. The molecule has 1 aromatic rings. The van der Waals surface area contributed by atoms with Gasteiger partial charge in [-0.2, -0.15) is 0 Å². The van der Waals surface area contributed by atoms with E-state index in [1.807, 2.05) is 18.9 Å². The minimum Gasteiger partial charge on any atom is -0.397 e. The van der Waals surface area contributed by atoms with E-state index in [-0.39, 0.29) is 5.91 Å². The van der Waals surface area contributed by atoms with Crippen molar-refractivity contribution < 1.29 is 4.79 Å². The Kier molecular flexibility index (Phi) is 6.58. The van der Waals surface area contributed by atoms with E-state index in [4.69, 9.17) is 5.73 Å². The van der Waals surface area contributed by atoms with Crippen LogP contribution in [0, 0.1) is 0 Å². The monoisotopic (exact) mass is 280 g/mol. The van der Waals surface area contributed by atoms with Gasteiger partial charge in [0.2, 0.25) is 0 Å². The average molecular weight is 280 g/mol. The van der Waals surface area contributed by atoms with Crippen molar-refractivity contribution in [1.29, 1.82) is 0 Å². The largest absolute Gasteiger partial charge is 0.397 e. The minimum absolute atomic E-state index is 0.0613. The van der Waals surface area contributed by atoms with Gasteiger partial charge in [0.1, 0.15) is 5.69 Å². The van der Waals surface area contributed by atoms with Crippen LogP contribution in [-0.2, 0) is 7.05 Å². The van der Waals surface area contributed by atoms with E-state index in [2.05, 4.69) is 18.7 Å². The first-order valence-electron chi connectivity index (χ1n) is 7.46. The molecule has 0 fully saturated rings. The highest BCUT2D eigenvalue weighted by molar-refractivity contribution is 5.93. The molecule has 0 radical (unpaired) electrons. The highest BCUT2D eigenvalue weighted by atomic mass is 16.2. The van der Waals surface area contributed by atoms with Crippen LogP contribution in [0.15, 0.2) is 12.3 Å². The van der Waals surface area contributed by atoms with Gasteiger partial charge >= 0.3 is 0 Å². The van der Waals surface area contributed by atoms with Crippen molar-refractivity contribution in [2.24, 2.45) is 7.05 Å². The number of rotatable bonds is 8. The summed E-state index contributed by atoms with van der Waals surface area (Å²) >= 11 is 0. The molecule has 0 aliphatic heterocycles. The SMILES string of the molecule is CCN(CC)CCCN(CC)C(=O)c1cc(N)cn1C. The standard InChI is InChI=1S/C15H28N4O/c1-5-18(6-2)9-8-10-19(7-3)15(20)14-11-13(16)12-17(14)4/h11-12H,5-10,16H2,1-4H3. The van der Waals surface area contributed by atoms with Crippen LogP contribution in [0.5, 0.6) is 0 Å². The van der Waals surface area contributed by atoms with Crippen molar-refractivity contribution >= 4 is 11.6 Å². The normalized spacial score (nSPS) is 11.1. The van der Waals surface area contributed by atoms with Crippen LogP contribution in [0.1, 0.15) is 37.7 Å². The Morgan fingerprint density at radius 1 is 1.20 bits per heavy atom. The maximum atomic E-state index is 12.5. The third kappa shape index (κ3) is 4.27. The van der Waals surface area contributed by atoms with Crippen LogP contribution in [0.3, 0.4) is 0 Å². The molecule has 114 valence electrons. The highest BCUT2D eigenvalue weighted by Gasteiger charge is 2.17.